The molecule has 2 fully saturated rings. The number of hydrogen-bond donors (Lipinski definition) is 0. The molecule has 6 nitrogen and oxygen atoms in total. The molecular weight excluding hydrogens is 344 g/mol. The summed E-state index contributed by atoms with van der Waals surface area (Å²) in [6, 6.07) is 6.15. The molecule has 0 unspecified atom stereocenters. The molecule has 2 aliphatic rings. The Morgan fingerprint density at radius 2 is 2.00 bits per heavy atom. The van der Waals surface area contributed by atoms with Gasteiger partial charge in [-0.25, -0.2) is 4.79 Å². The quantitative estimate of drug-likeness (QED) is 0.828. The zero-order valence-corrected chi connectivity index (χ0v) is 16.0. The highest BCUT2D eigenvalue weighted by atomic mass is 16.6. The Kier molecular flexibility index (Phi) is 4.58. The van der Waals surface area contributed by atoms with Crippen LogP contribution in [0.4, 0.5) is 4.79 Å². The van der Waals surface area contributed by atoms with E-state index in [2.05, 4.69) is 19.1 Å². The molecular formula is C21H26N2O4. The first-order valence-corrected chi connectivity index (χ1v) is 9.78. The fourth-order valence-electron chi connectivity index (χ4n) is 4.12. The average molecular weight is 370 g/mol. The summed E-state index contributed by atoms with van der Waals surface area (Å²) in [4.78, 5) is 28.3. The van der Waals surface area contributed by atoms with Gasteiger partial charge in [-0.15, -0.1) is 0 Å². The van der Waals surface area contributed by atoms with Gasteiger partial charge in [-0.3, -0.25) is 4.79 Å². The van der Waals surface area contributed by atoms with Crippen molar-refractivity contribution >= 4 is 23.0 Å². The Balaban J connectivity index is 1.41. The van der Waals surface area contributed by atoms with Gasteiger partial charge in [0.15, 0.2) is 0 Å². The van der Waals surface area contributed by atoms with Gasteiger partial charge in [0.1, 0.15) is 11.2 Å². The van der Waals surface area contributed by atoms with Crippen molar-refractivity contribution in [1.29, 1.82) is 0 Å². The molecule has 2 aromatic rings. The smallest absolute Gasteiger partial charge is 0.410 e. The summed E-state index contributed by atoms with van der Waals surface area (Å²) in [5, 5.41) is 1.03. The maximum atomic E-state index is 12.8. The van der Waals surface area contributed by atoms with Crippen LogP contribution < -0.4 is 0 Å². The number of carbonyl (C=O) groups excluding carboxylic acids is 2. The summed E-state index contributed by atoms with van der Waals surface area (Å²) < 4.78 is 11.3. The third-order valence-electron chi connectivity index (χ3n) is 5.92. The highest BCUT2D eigenvalue weighted by Gasteiger charge is 2.46. The predicted octanol–water partition coefficient (Wildman–Crippen LogP) is 3.37. The van der Waals surface area contributed by atoms with Crippen LogP contribution in [-0.4, -0.2) is 53.6 Å². The lowest BCUT2D eigenvalue weighted by Crippen LogP contribution is -2.49. The zero-order valence-electron chi connectivity index (χ0n) is 16.0. The number of likely N-dealkylation sites (tertiary alicyclic amines) is 1. The Morgan fingerprint density at radius 1 is 1.22 bits per heavy atom. The molecule has 4 rings (SSSR count). The van der Waals surface area contributed by atoms with Crippen molar-refractivity contribution in [2.45, 2.75) is 45.1 Å². The van der Waals surface area contributed by atoms with E-state index < -0.39 is 5.60 Å². The number of ether oxygens (including phenoxy) is 1. The number of carbonyl (C=O) groups is 2. The molecule has 6 heteroatoms. The van der Waals surface area contributed by atoms with Crippen LogP contribution in [0.3, 0.4) is 0 Å². The molecule has 27 heavy (non-hydrogen) atoms. The van der Waals surface area contributed by atoms with Crippen LogP contribution in [0, 0.1) is 0 Å². The number of nitrogens with zero attached hydrogens (tertiary/aromatic N) is 2. The van der Waals surface area contributed by atoms with Gasteiger partial charge in [0.2, 0.25) is 5.91 Å². The van der Waals surface area contributed by atoms with Gasteiger partial charge >= 0.3 is 6.09 Å². The third kappa shape index (κ3) is 3.29. The molecule has 2 aliphatic heterocycles. The van der Waals surface area contributed by atoms with Crippen molar-refractivity contribution in [2.24, 2.45) is 0 Å². The van der Waals surface area contributed by atoms with Gasteiger partial charge in [-0.2, -0.15) is 0 Å². The van der Waals surface area contributed by atoms with Gasteiger partial charge < -0.3 is 19.0 Å². The molecule has 2 saturated heterocycles. The summed E-state index contributed by atoms with van der Waals surface area (Å²) >= 11 is 0. The number of piperidine rings is 1. The molecule has 1 aromatic carbocycles. The fourth-order valence-corrected chi connectivity index (χ4v) is 4.12. The third-order valence-corrected chi connectivity index (χ3v) is 5.92. The Morgan fingerprint density at radius 3 is 2.67 bits per heavy atom. The van der Waals surface area contributed by atoms with E-state index in [-0.39, 0.29) is 12.0 Å². The minimum atomic E-state index is -0.414. The molecule has 1 spiro atoms. The molecule has 144 valence electrons. The first-order valence-electron chi connectivity index (χ1n) is 9.78. The Bertz CT molecular complexity index is 864. The predicted molar refractivity (Wildman–Crippen MR) is 102 cm³/mol. The van der Waals surface area contributed by atoms with Gasteiger partial charge in [-0.05, 0) is 31.0 Å². The molecule has 0 atom stereocenters. The molecule has 0 radical (unpaired) electrons. The van der Waals surface area contributed by atoms with E-state index in [0.29, 0.717) is 45.4 Å². The van der Waals surface area contributed by atoms with Crippen molar-refractivity contribution in [3.63, 3.8) is 0 Å². The van der Waals surface area contributed by atoms with E-state index in [1.54, 1.807) is 11.2 Å². The lowest BCUT2D eigenvalue weighted by Gasteiger charge is -2.37. The standard InChI is InChI=1S/C21H26N2O4/c1-3-15-5-6-18-17(11-15)16(13-26-18)12-19(24)23-9-7-21(8-10-23)14-22(4-2)20(25)27-21/h5-6,11,13H,3-4,7-10,12,14H2,1-2H3. The summed E-state index contributed by atoms with van der Waals surface area (Å²) in [5.41, 5.74) is 2.59. The van der Waals surface area contributed by atoms with E-state index in [4.69, 9.17) is 9.15 Å². The minimum absolute atomic E-state index is 0.103. The molecule has 3 heterocycles. The average Bonchev–Trinajstić information content (AvgIpc) is 3.22. The van der Waals surface area contributed by atoms with Crippen LogP contribution in [-0.2, 0) is 22.4 Å². The fraction of sp³-hybridized carbons (Fsp3) is 0.524. The van der Waals surface area contributed by atoms with E-state index in [0.717, 1.165) is 23.0 Å². The Hall–Kier alpha value is -2.50. The zero-order chi connectivity index (χ0) is 19.0. The first-order chi connectivity index (χ1) is 13.0. The van der Waals surface area contributed by atoms with Crippen molar-refractivity contribution in [1.82, 2.24) is 9.80 Å². The largest absolute Gasteiger partial charge is 0.464 e. The van der Waals surface area contributed by atoms with Crippen LogP contribution >= 0.6 is 0 Å². The Labute approximate surface area is 159 Å². The van der Waals surface area contributed by atoms with Gasteiger partial charge in [0.05, 0.1) is 19.2 Å². The molecule has 0 bridgehead atoms. The van der Waals surface area contributed by atoms with Gasteiger partial charge in [0.25, 0.3) is 0 Å². The number of hydrogen-bond acceptors (Lipinski definition) is 4. The summed E-state index contributed by atoms with van der Waals surface area (Å²) in [5.74, 6) is 0.103. The van der Waals surface area contributed by atoms with Crippen LogP contribution in [0.5, 0.6) is 0 Å². The maximum absolute atomic E-state index is 12.8. The van der Waals surface area contributed by atoms with Crippen LogP contribution in [0.2, 0.25) is 0 Å². The number of furan rings is 1. The topological polar surface area (TPSA) is 63.0 Å². The second-order valence-electron chi connectivity index (χ2n) is 7.57. The lowest BCUT2D eigenvalue weighted by molar-refractivity contribution is -0.133. The first kappa shape index (κ1) is 17.9. The molecule has 0 saturated carbocycles. The summed E-state index contributed by atoms with van der Waals surface area (Å²) in [7, 11) is 0. The van der Waals surface area contributed by atoms with Crippen LogP contribution in [0.15, 0.2) is 28.9 Å². The van der Waals surface area contributed by atoms with Crippen LogP contribution in [0.1, 0.15) is 37.8 Å². The van der Waals surface area contributed by atoms with E-state index in [1.165, 1.54) is 5.56 Å². The monoisotopic (exact) mass is 370 g/mol. The number of benzene rings is 1. The highest BCUT2D eigenvalue weighted by Crippen LogP contribution is 2.33. The van der Waals surface area contributed by atoms with Crippen molar-refractivity contribution in [3.05, 3.63) is 35.6 Å². The highest BCUT2D eigenvalue weighted by molar-refractivity contribution is 5.88. The second kappa shape index (κ2) is 6.91. The lowest BCUT2D eigenvalue weighted by atomic mass is 9.91. The SMILES string of the molecule is CCc1ccc2occ(CC(=O)N3CCC4(CC3)CN(CC)C(=O)O4)c2c1. The molecule has 2 amide bonds. The number of amides is 2. The van der Waals surface area contributed by atoms with Crippen molar-refractivity contribution < 1.29 is 18.7 Å². The molecule has 0 N–H and O–H groups in total. The van der Waals surface area contributed by atoms with E-state index in [1.807, 2.05) is 17.9 Å². The van der Waals surface area contributed by atoms with Crippen LogP contribution in [0.25, 0.3) is 11.0 Å². The van der Waals surface area contributed by atoms with E-state index >= 15 is 0 Å². The number of rotatable bonds is 4. The normalized spacial score (nSPS) is 19.1. The molecule has 0 aliphatic carbocycles. The second-order valence-corrected chi connectivity index (χ2v) is 7.57. The minimum Gasteiger partial charge on any atom is -0.464 e. The van der Waals surface area contributed by atoms with Crippen molar-refractivity contribution in [2.75, 3.05) is 26.2 Å². The van der Waals surface area contributed by atoms with Crippen molar-refractivity contribution in [3.8, 4) is 0 Å². The van der Waals surface area contributed by atoms with Gasteiger partial charge in [0, 0.05) is 43.4 Å². The summed E-state index contributed by atoms with van der Waals surface area (Å²) in [6.07, 6.45) is 4.17. The van der Waals surface area contributed by atoms with E-state index in [9.17, 15) is 9.59 Å². The number of aryl methyl sites for hydroxylation is 1. The van der Waals surface area contributed by atoms with Gasteiger partial charge in [-0.1, -0.05) is 13.0 Å². The number of fused-ring (bicyclic) bond motifs is 1. The molecule has 1 aromatic heterocycles. The maximum Gasteiger partial charge on any atom is 0.410 e. The number of likely N-dealkylation sites (N-methyl/N-ethyl adjacent to an activating group) is 1. The summed E-state index contributed by atoms with van der Waals surface area (Å²) in [6.45, 7) is 6.62.